The van der Waals surface area contributed by atoms with Crippen LogP contribution >= 0.6 is 15.9 Å². The predicted molar refractivity (Wildman–Crippen MR) is 54.2 cm³/mol. The van der Waals surface area contributed by atoms with Crippen LogP contribution in [-0.4, -0.2) is 15.2 Å². The first kappa shape index (κ1) is 9.33. The van der Waals surface area contributed by atoms with E-state index in [-0.39, 0.29) is 5.82 Å². The lowest BCUT2D eigenvalue weighted by molar-refractivity contribution is 0.623. The van der Waals surface area contributed by atoms with Gasteiger partial charge in [-0.1, -0.05) is 6.07 Å². The zero-order valence-electron chi connectivity index (χ0n) is 7.38. The number of rotatable bonds is 1. The molecule has 0 aliphatic rings. The highest BCUT2D eigenvalue weighted by atomic mass is 79.9. The number of H-pyrrole nitrogens is 1. The molecule has 1 aromatic carbocycles. The van der Waals surface area contributed by atoms with Crippen molar-refractivity contribution < 1.29 is 4.39 Å². The fourth-order valence-electron chi connectivity index (χ4n) is 1.14. The molecule has 2 aromatic rings. The molecule has 0 saturated carbocycles. The van der Waals surface area contributed by atoms with Crippen LogP contribution in [0, 0.1) is 12.7 Å². The first-order chi connectivity index (χ1) is 6.68. The molecule has 0 saturated heterocycles. The van der Waals surface area contributed by atoms with Crippen LogP contribution in [0.5, 0.6) is 0 Å². The highest BCUT2D eigenvalue weighted by molar-refractivity contribution is 9.10. The van der Waals surface area contributed by atoms with Gasteiger partial charge in [0.15, 0.2) is 5.82 Å². The van der Waals surface area contributed by atoms with Crippen LogP contribution in [0.2, 0.25) is 0 Å². The van der Waals surface area contributed by atoms with E-state index < -0.39 is 0 Å². The van der Waals surface area contributed by atoms with Crippen molar-refractivity contribution in [2.75, 3.05) is 0 Å². The maximum atomic E-state index is 13.6. The lowest BCUT2D eigenvalue weighted by atomic mass is 10.2. The molecular weight excluding hydrogens is 249 g/mol. The summed E-state index contributed by atoms with van der Waals surface area (Å²) >= 11 is 3.11. The minimum Gasteiger partial charge on any atom is -0.263 e. The van der Waals surface area contributed by atoms with Gasteiger partial charge < -0.3 is 0 Å². The highest BCUT2D eigenvalue weighted by Crippen LogP contribution is 2.24. The van der Waals surface area contributed by atoms with Crippen LogP contribution in [0.25, 0.3) is 11.4 Å². The molecule has 3 nitrogen and oxygen atoms in total. The van der Waals surface area contributed by atoms with E-state index in [9.17, 15) is 4.39 Å². The van der Waals surface area contributed by atoms with Gasteiger partial charge in [0.25, 0.3) is 0 Å². The van der Waals surface area contributed by atoms with E-state index in [0.717, 1.165) is 0 Å². The van der Waals surface area contributed by atoms with Gasteiger partial charge >= 0.3 is 0 Å². The zero-order valence-corrected chi connectivity index (χ0v) is 8.97. The molecule has 0 aliphatic carbocycles. The summed E-state index contributed by atoms with van der Waals surface area (Å²) in [5.41, 5.74) is 0.392. The minimum atomic E-state index is -0.341. The molecule has 0 aliphatic heterocycles. The maximum Gasteiger partial charge on any atom is 0.184 e. The third-order valence-corrected chi connectivity index (χ3v) is 2.40. The van der Waals surface area contributed by atoms with Gasteiger partial charge in [-0.25, -0.2) is 9.37 Å². The standard InChI is InChI=1S/C9H7BrFN3/c1-5-12-9(14-13-5)6-3-2-4-7(10)8(6)11/h2-4H,1H3,(H,12,13,14). The molecule has 1 N–H and O–H groups in total. The first-order valence-electron chi connectivity index (χ1n) is 4.02. The molecule has 0 atom stereocenters. The molecule has 0 unspecified atom stereocenters. The third-order valence-electron chi connectivity index (χ3n) is 1.79. The van der Waals surface area contributed by atoms with Gasteiger partial charge in [0.05, 0.1) is 10.0 Å². The maximum absolute atomic E-state index is 13.6. The fraction of sp³-hybridized carbons (Fsp3) is 0.111. The third kappa shape index (κ3) is 1.55. The van der Waals surface area contributed by atoms with Crippen molar-refractivity contribution in [2.24, 2.45) is 0 Å². The molecule has 2 rings (SSSR count). The van der Waals surface area contributed by atoms with E-state index in [2.05, 4.69) is 31.1 Å². The number of aromatic amines is 1. The molecule has 14 heavy (non-hydrogen) atoms. The van der Waals surface area contributed by atoms with Crippen LogP contribution in [-0.2, 0) is 0 Å². The number of halogens is 2. The van der Waals surface area contributed by atoms with Crippen molar-refractivity contribution in [3.63, 3.8) is 0 Å². The van der Waals surface area contributed by atoms with Crippen LogP contribution < -0.4 is 0 Å². The molecule has 1 aromatic heterocycles. The fourth-order valence-corrected chi connectivity index (χ4v) is 1.51. The Morgan fingerprint density at radius 1 is 1.43 bits per heavy atom. The predicted octanol–water partition coefficient (Wildman–Crippen LogP) is 2.68. The molecule has 5 heteroatoms. The van der Waals surface area contributed by atoms with E-state index in [1.54, 1.807) is 25.1 Å². The average Bonchev–Trinajstić information content (AvgIpc) is 2.57. The van der Waals surface area contributed by atoms with E-state index in [0.29, 0.717) is 21.7 Å². The van der Waals surface area contributed by atoms with Crippen molar-refractivity contribution in [3.8, 4) is 11.4 Å². The molecule has 0 spiro atoms. The van der Waals surface area contributed by atoms with E-state index in [4.69, 9.17) is 0 Å². The number of hydrogen-bond acceptors (Lipinski definition) is 2. The molecule has 1 heterocycles. The lowest BCUT2D eigenvalue weighted by Gasteiger charge is -1.98. The van der Waals surface area contributed by atoms with Crippen molar-refractivity contribution in [1.82, 2.24) is 15.2 Å². The highest BCUT2D eigenvalue weighted by Gasteiger charge is 2.11. The minimum absolute atomic E-state index is 0.341. The number of nitrogens with zero attached hydrogens (tertiary/aromatic N) is 2. The van der Waals surface area contributed by atoms with E-state index >= 15 is 0 Å². The molecule has 0 amide bonds. The summed E-state index contributed by atoms with van der Waals surface area (Å²) in [6.45, 7) is 1.77. The SMILES string of the molecule is Cc1nc(-c2cccc(Br)c2F)n[nH]1. The number of aromatic nitrogens is 3. The normalized spacial score (nSPS) is 10.5. The van der Waals surface area contributed by atoms with Crippen LogP contribution in [0.15, 0.2) is 22.7 Å². The van der Waals surface area contributed by atoms with Gasteiger partial charge in [0.1, 0.15) is 11.6 Å². The zero-order chi connectivity index (χ0) is 10.1. The summed E-state index contributed by atoms with van der Waals surface area (Å²) in [6.07, 6.45) is 0. The van der Waals surface area contributed by atoms with Gasteiger partial charge in [0.2, 0.25) is 0 Å². The Morgan fingerprint density at radius 3 is 2.86 bits per heavy atom. The monoisotopic (exact) mass is 255 g/mol. The van der Waals surface area contributed by atoms with Crippen LogP contribution in [0.4, 0.5) is 4.39 Å². The van der Waals surface area contributed by atoms with Crippen LogP contribution in [0.3, 0.4) is 0 Å². The smallest absolute Gasteiger partial charge is 0.184 e. The number of benzene rings is 1. The average molecular weight is 256 g/mol. The first-order valence-corrected chi connectivity index (χ1v) is 4.81. The van der Waals surface area contributed by atoms with E-state index in [1.807, 2.05) is 0 Å². The molecule has 0 bridgehead atoms. The Morgan fingerprint density at radius 2 is 2.21 bits per heavy atom. The van der Waals surface area contributed by atoms with Crippen molar-refractivity contribution >= 4 is 15.9 Å². The molecule has 0 fully saturated rings. The Bertz CT molecular complexity index is 467. The Hall–Kier alpha value is -1.23. The summed E-state index contributed by atoms with van der Waals surface area (Å²) in [4.78, 5) is 4.06. The van der Waals surface area contributed by atoms with Gasteiger partial charge in [-0.2, -0.15) is 5.10 Å². The summed E-state index contributed by atoms with van der Waals surface area (Å²) < 4.78 is 14.0. The number of hydrogen-bond donors (Lipinski definition) is 1. The Kier molecular flexibility index (Phi) is 2.33. The summed E-state index contributed by atoms with van der Waals surface area (Å²) in [5, 5.41) is 6.56. The largest absolute Gasteiger partial charge is 0.263 e. The molecular formula is C9H7BrFN3. The van der Waals surface area contributed by atoms with E-state index in [1.165, 1.54) is 0 Å². The topological polar surface area (TPSA) is 41.6 Å². The summed E-state index contributed by atoms with van der Waals surface area (Å²) in [5.74, 6) is 0.701. The molecule has 0 radical (unpaired) electrons. The van der Waals surface area contributed by atoms with Crippen molar-refractivity contribution in [1.29, 1.82) is 0 Å². The van der Waals surface area contributed by atoms with Gasteiger partial charge in [-0.3, -0.25) is 5.10 Å². The van der Waals surface area contributed by atoms with Crippen LogP contribution in [0.1, 0.15) is 5.82 Å². The number of nitrogens with one attached hydrogen (secondary N) is 1. The Labute approximate surface area is 88.5 Å². The number of aryl methyl sites for hydroxylation is 1. The summed E-state index contributed by atoms with van der Waals surface area (Å²) in [6, 6.07) is 5.02. The Balaban J connectivity index is 2.57. The second-order valence-corrected chi connectivity index (χ2v) is 3.70. The lowest BCUT2D eigenvalue weighted by Crippen LogP contribution is -1.87. The quantitative estimate of drug-likeness (QED) is 0.852. The molecule has 72 valence electrons. The van der Waals surface area contributed by atoms with Gasteiger partial charge in [-0.05, 0) is 35.0 Å². The van der Waals surface area contributed by atoms with Crippen molar-refractivity contribution in [2.45, 2.75) is 6.92 Å². The second kappa shape index (κ2) is 3.49. The summed E-state index contributed by atoms with van der Waals surface area (Å²) in [7, 11) is 0. The van der Waals surface area contributed by atoms with Crippen molar-refractivity contribution in [3.05, 3.63) is 34.3 Å². The second-order valence-electron chi connectivity index (χ2n) is 2.85. The van der Waals surface area contributed by atoms with Gasteiger partial charge in [-0.15, -0.1) is 0 Å². The van der Waals surface area contributed by atoms with Gasteiger partial charge in [0, 0.05) is 0 Å².